The van der Waals surface area contributed by atoms with Gasteiger partial charge < -0.3 is 10.6 Å². The van der Waals surface area contributed by atoms with Crippen LogP contribution < -0.4 is 10.6 Å². The number of amides is 1. The maximum absolute atomic E-state index is 11.8. The number of hydrogen-bond acceptors (Lipinski definition) is 2. The predicted molar refractivity (Wildman–Crippen MR) is 69.8 cm³/mol. The Labute approximate surface area is 103 Å². The van der Waals surface area contributed by atoms with Crippen molar-refractivity contribution >= 4 is 11.6 Å². The number of anilines is 1. The van der Waals surface area contributed by atoms with Crippen LogP contribution in [0.3, 0.4) is 0 Å². The van der Waals surface area contributed by atoms with E-state index < -0.39 is 0 Å². The SMILES string of the molecule is CC(=O)N(c1ccccc1)C1CCC(N)CC1. The molecule has 1 amide bonds. The molecule has 0 saturated heterocycles. The summed E-state index contributed by atoms with van der Waals surface area (Å²) in [6.07, 6.45) is 4.05. The fourth-order valence-electron chi connectivity index (χ4n) is 2.60. The van der Waals surface area contributed by atoms with Crippen LogP contribution in [0.1, 0.15) is 32.6 Å². The molecule has 1 fully saturated rings. The van der Waals surface area contributed by atoms with Gasteiger partial charge in [0.2, 0.25) is 5.91 Å². The molecule has 0 spiro atoms. The minimum Gasteiger partial charge on any atom is -0.328 e. The van der Waals surface area contributed by atoms with E-state index in [-0.39, 0.29) is 5.91 Å². The molecule has 1 aromatic rings. The largest absolute Gasteiger partial charge is 0.328 e. The van der Waals surface area contributed by atoms with Gasteiger partial charge in [0, 0.05) is 24.7 Å². The van der Waals surface area contributed by atoms with Gasteiger partial charge in [-0.2, -0.15) is 0 Å². The van der Waals surface area contributed by atoms with Crippen LogP contribution in [0.5, 0.6) is 0 Å². The van der Waals surface area contributed by atoms with Crippen LogP contribution in [-0.2, 0) is 4.79 Å². The van der Waals surface area contributed by atoms with Crippen LogP contribution in [0.25, 0.3) is 0 Å². The van der Waals surface area contributed by atoms with Crippen LogP contribution in [0, 0.1) is 0 Å². The van der Waals surface area contributed by atoms with E-state index in [0.717, 1.165) is 31.4 Å². The molecule has 1 aliphatic carbocycles. The highest BCUT2D eigenvalue weighted by atomic mass is 16.2. The van der Waals surface area contributed by atoms with E-state index in [4.69, 9.17) is 5.73 Å². The Bertz CT molecular complexity index is 369. The monoisotopic (exact) mass is 232 g/mol. The Morgan fingerprint density at radius 2 is 1.76 bits per heavy atom. The van der Waals surface area contributed by atoms with Crippen LogP contribution in [0.15, 0.2) is 30.3 Å². The molecule has 17 heavy (non-hydrogen) atoms. The molecule has 0 heterocycles. The van der Waals surface area contributed by atoms with Gasteiger partial charge in [-0.05, 0) is 37.8 Å². The molecule has 2 rings (SSSR count). The van der Waals surface area contributed by atoms with Gasteiger partial charge in [-0.3, -0.25) is 4.79 Å². The fraction of sp³-hybridized carbons (Fsp3) is 0.500. The van der Waals surface area contributed by atoms with Crippen LogP contribution in [-0.4, -0.2) is 18.0 Å². The van der Waals surface area contributed by atoms with E-state index in [2.05, 4.69) is 0 Å². The third kappa shape index (κ3) is 2.86. The molecule has 1 saturated carbocycles. The van der Waals surface area contributed by atoms with Gasteiger partial charge in [0.05, 0.1) is 0 Å². The van der Waals surface area contributed by atoms with Crippen molar-refractivity contribution in [2.75, 3.05) is 4.90 Å². The zero-order valence-corrected chi connectivity index (χ0v) is 10.3. The summed E-state index contributed by atoms with van der Waals surface area (Å²) in [5.41, 5.74) is 6.91. The van der Waals surface area contributed by atoms with E-state index >= 15 is 0 Å². The molecule has 2 N–H and O–H groups in total. The summed E-state index contributed by atoms with van der Waals surface area (Å²) in [5, 5.41) is 0. The number of carbonyl (C=O) groups excluding carboxylic acids is 1. The minimum atomic E-state index is 0.122. The number of nitrogens with two attached hydrogens (primary N) is 1. The average Bonchev–Trinajstić information content (AvgIpc) is 2.33. The van der Waals surface area contributed by atoms with Crippen molar-refractivity contribution in [1.82, 2.24) is 0 Å². The van der Waals surface area contributed by atoms with E-state index in [1.165, 1.54) is 0 Å². The van der Waals surface area contributed by atoms with Crippen molar-refractivity contribution in [3.8, 4) is 0 Å². The molecule has 0 bridgehead atoms. The lowest BCUT2D eigenvalue weighted by molar-refractivity contribution is -0.117. The molecule has 1 aliphatic rings. The van der Waals surface area contributed by atoms with Crippen molar-refractivity contribution in [3.05, 3.63) is 30.3 Å². The molecule has 92 valence electrons. The van der Waals surface area contributed by atoms with Crippen LogP contribution in [0.2, 0.25) is 0 Å². The summed E-state index contributed by atoms with van der Waals surface area (Å²) in [7, 11) is 0. The van der Waals surface area contributed by atoms with Gasteiger partial charge in [0.1, 0.15) is 0 Å². The van der Waals surface area contributed by atoms with Gasteiger partial charge in [0.25, 0.3) is 0 Å². The maximum atomic E-state index is 11.8. The number of rotatable bonds is 2. The molecule has 0 atom stereocenters. The zero-order valence-electron chi connectivity index (χ0n) is 10.3. The first-order valence-corrected chi connectivity index (χ1v) is 6.29. The second-order valence-corrected chi connectivity index (χ2v) is 4.79. The number of para-hydroxylation sites is 1. The summed E-state index contributed by atoms with van der Waals surface area (Å²) < 4.78 is 0. The first-order valence-electron chi connectivity index (χ1n) is 6.29. The van der Waals surface area contributed by atoms with Crippen LogP contribution >= 0.6 is 0 Å². The highest BCUT2D eigenvalue weighted by Gasteiger charge is 2.26. The Kier molecular flexibility index (Phi) is 3.79. The molecule has 0 aliphatic heterocycles. The number of hydrogen-bond donors (Lipinski definition) is 1. The Morgan fingerprint density at radius 3 is 2.29 bits per heavy atom. The molecule has 3 nitrogen and oxygen atoms in total. The van der Waals surface area contributed by atoms with Gasteiger partial charge in [-0.1, -0.05) is 18.2 Å². The summed E-state index contributed by atoms with van der Waals surface area (Å²) in [6, 6.07) is 10.5. The highest BCUT2D eigenvalue weighted by molar-refractivity contribution is 5.92. The van der Waals surface area contributed by atoms with E-state index in [0.29, 0.717) is 12.1 Å². The van der Waals surface area contributed by atoms with Gasteiger partial charge >= 0.3 is 0 Å². The fourth-order valence-corrected chi connectivity index (χ4v) is 2.60. The highest BCUT2D eigenvalue weighted by Crippen LogP contribution is 2.26. The molecular weight excluding hydrogens is 212 g/mol. The quantitative estimate of drug-likeness (QED) is 0.850. The number of carbonyl (C=O) groups is 1. The molecule has 3 heteroatoms. The van der Waals surface area contributed by atoms with Crippen molar-refractivity contribution in [1.29, 1.82) is 0 Å². The number of benzene rings is 1. The Morgan fingerprint density at radius 1 is 1.18 bits per heavy atom. The Hall–Kier alpha value is -1.35. The second-order valence-electron chi connectivity index (χ2n) is 4.79. The van der Waals surface area contributed by atoms with Crippen molar-refractivity contribution in [3.63, 3.8) is 0 Å². The first-order chi connectivity index (χ1) is 8.18. The van der Waals surface area contributed by atoms with E-state index in [1.54, 1.807) is 6.92 Å². The molecular formula is C14H20N2O. The predicted octanol–water partition coefficient (Wildman–Crippen LogP) is 2.31. The van der Waals surface area contributed by atoms with Gasteiger partial charge in [-0.15, -0.1) is 0 Å². The van der Waals surface area contributed by atoms with Gasteiger partial charge in [-0.25, -0.2) is 0 Å². The second kappa shape index (κ2) is 5.32. The van der Waals surface area contributed by atoms with E-state index in [9.17, 15) is 4.79 Å². The summed E-state index contributed by atoms with van der Waals surface area (Å²) in [6.45, 7) is 1.64. The lowest BCUT2D eigenvalue weighted by Crippen LogP contribution is -2.43. The minimum absolute atomic E-state index is 0.122. The van der Waals surface area contributed by atoms with E-state index in [1.807, 2.05) is 35.2 Å². The van der Waals surface area contributed by atoms with Gasteiger partial charge in [0.15, 0.2) is 0 Å². The Balaban J connectivity index is 2.16. The standard InChI is InChI=1S/C14H20N2O/c1-11(17)16(13-5-3-2-4-6-13)14-9-7-12(15)8-10-14/h2-6,12,14H,7-10,15H2,1H3. The van der Waals surface area contributed by atoms with Crippen molar-refractivity contribution in [2.45, 2.75) is 44.7 Å². The topological polar surface area (TPSA) is 46.3 Å². The summed E-state index contributed by atoms with van der Waals surface area (Å²) >= 11 is 0. The molecule has 0 unspecified atom stereocenters. The van der Waals surface area contributed by atoms with Crippen molar-refractivity contribution < 1.29 is 4.79 Å². The van der Waals surface area contributed by atoms with Crippen LogP contribution in [0.4, 0.5) is 5.69 Å². The molecule has 1 aromatic carbocycles. The molecule has 0 aromatic heterocycles. The molecule has 0 radical (unpaired) electrons. The number of nitrogens with zero attached hydrogens (tertiary/aromatic N) is 1. The first kappa shape index (κ1) is 12.1. The maximum Gasteiger partial charge on any atom is 0.224 e. The zero-order chi connectivity index (χ0) is 12.3. The third-order valence-electron chi connectivity index (χ3n) is 3.48. The summed E-state index contributed by atoms with van der Waals surface area (Å²) in [5.74, 6) is 0.122. The summed E-state index contributed by atoms with van der Waals surface area (Å²) in [4.78, 5) is 13.7. The smallest absolute Gasteiger partial charge is 0.224 e. The lowest BCUT2D eigenvalue weighted by Gasteiger charge is -2.35. The normalized spacial score (nSPS) is 24.4. The average molecular weight is 232 g/mol. The van der Waals surface area contributed by atoms with Crippen molar-refractivity contribution in [2.24, 2.45) is 5.73 Å². The third-order valence-corrected chi connectivity index (χ3v) is 3.48. The lowest BCUT2D eigenvalue weighted by atomic mass is 9.90.